The summed E-state index contributed by atoms with van der Waals surface area (Å²) in [4.78, 5) is 28.3. The van der Waals surface area contributed by atoms with Gasteiger partial charge in [0.15, 0.2) is 0 Å². The summed E-state index contributed by atoms with van der Waals surface area (Å²) in [5.41, 5.74) is 1.84. The molecule has 0 unspecified atom stereocenters. The number of ether oxygens (including phenoxy) is 1. The summed E-state index contributed by atoms with van der Waals surface area (Å²) < 4.78 is 5.50. The fourth-order valence-corrected chi connectivity index (χ4v) is 3.19. The summed E-state index contributed by atoms with van der Waals surface area (Å²) in [6, 6.07) is 6.00. The van der Waals surface area contributed by atoms with Gasteiger partial charge in [-0.05, 0) is 29.3 Å². The number of hydrogen-bond acceptors (Lipinski definition) is 3. The van der Waals surface area contributed by atoms with Gasteiger partial charge in [0.25, 0.3) is 0 Å². The third-order valence-corrected chi connectivity index (χ3v) is 4.65. The van der Waals surface area contributed by atoms with Crippen LogP contribution in [0.25, 0.3) is 6.08 Å². The van der Waals surface area contributed by atoms with Crippen molar-refractivity contribution in [1.82, 2.24) is 9.80 Å². The van der Waals surface area contributed by atoms with Gasteiger partial charge in [-0.1, -0.05) is 26.8 Å². The highest BCUT2D eigenvalue weighted by atomic mass is 16.5. The number of fused-ring (bicyclic) bond motifs is 1. The van der Waals surface area contributed by atoms with Crippen LogP contribution in [0.5, 0.6) is 5.75 Å². The molecule has 0 saturated carbocycles. The van der Waals surface area contributed by atoms with Crippen LogP contribution in [-0.4, -0.2) is 54.4 Å². The molecule has 0 spiro atoms. The number of carbonyl (C=O) groups is 2. The SMILES string of the molecule is CC(C)(C)C(=O)N1CCN(C(=O)/C=C/c2ccc3c(c2)CCO3)CC1. The van der Waals surface area contributed by atoms with E-state index in [-0.39, 0.29) is 17.2 Å². The number of piperazine rings is 1. The van der Waals surface area contributed by atoms with Crippen molar-refractivity contribution in [2.24, 2.45) is 5.41 Å². The third-order valence-electron chi connectivity index (χ3n) is 4.65. The topological polar surface area (TPSA) is 49.9 Å². The van der Waals surface area contributed by atoms with Crippen LogP contribution >= 0.6 is 0 Å². The molecule has 2 aliphatic rings. The van der Waals surface area contributed by atoms with Crippen LogP contribution in [0, 0.1) is 5.41 Å². The van der Waals surface area contributed by atoms with Crippen LogP contribution in [0.4, 0.5) is 0 Å². The Morgan fingerprint density at radius 2 is 1.76 bits per heavy atom. The molecule has 1 aromatic rings. The largest absolute Gasteiger partial charge is 0.493 e. The molecule has 2 amide bonds. The van der Waals surface area contributed by atoms with Crippen molar-refractivity contribution >= 4 is 17.9 Å². The Bertz CT molecular complexity index is 695. The van der Waals surface area contributed by atoms with Crippen LogP contribution < -0.4 is 4.74 Å². The number of hydrogen-bond donors (Lipinski definition) is 0. The molecule has 0 aliphatic carbocycles. The summed E-state index contributed by atoms with van der Waals surface area (Å²) in [5, 5.41) is 0. The normalized spacial score (nSPS) is 17.6. The van der Waals surface area contributed by atoms with Crippen LogP contribution in [0.1, 0.15) is 31.9 Å². The quantitative estimate of drug-likeness (QED) is 0.775. The summed E-state index contributed by atoms with van der Waals surface area (Å²) in [7, 11) is 0. The maximum absolute atomic E-state index is 12.4. The highest BCUT2D eigenvalue weighted by Crippen LogP contribution is 2.26. The first-order valence-corrected chi connectivity index (χ1v) is 8.87. The molecule has 0 atom stereocenters. The van der Waals surface area contributed by atoms with Crippen molar-refractivity contribution in [3.05, 3.63) is 35.4 Å². The van der Waals surface area contributed by atoms with E-state index in [9.17, 15) is 9.59 Å². The zero-order chi connectivity index (χ0) is 18.0. The first-order chi connectivity index (χ1) is 11.8. The minimum atomic E-state index is -0.372. The van der Waals surface area contributed by atoms with Crippen molar-refractivity contribution in [2.45, 2.75) is 27.2 Å². The molecule has 3 rings (SSSR count). The molecule has 0 aromatic heterocycles. The minimum Gasteiger partial charge on any atom is -0.493 e. The molecule has 5 nitrogen and oxygen atoms in total. The van der Waals surface area contributed by atoms with Gasteiger partial charge in [-0.25, -0.2) is 0 Å². The predicted molar refractivity (Wildman–Crippen MR) is 97.3 cm³/mol. The zero-order valence-electron chi connectivity index (χ0n) is 15.2. The Kier molecular flexibility index (Phi) is 4.84. The van der Waals surface area contributed by atoms with E-state index in [1.54, 1.807) is 11.0 Å². The molecule has 0 radical (unpaired) electrons. The monoisotopic (exact) mass is 342 g/mol. The molecule has 2 heterocycles. The standard InChI is InChI=1S/C20H26N2O3/c1-20(2,3)19(24)22-11-9-21(10-12-22)18(23)7-5-15-4-6-17-16(14-15)8-13-25-17/h4-7,14H,8-13H2,1-3H3/b7-5+. The predicted octanol–water partition coefficient (Wildman–Crippen LogP) is 2.35. The average Bonchev–Trinajstić information content (AvgIpc) is 3.06. The number of nitrogens with zero attached hydrogens (tertiary/aromatic N) is 2. The molecule has 0 bridgehead atoms. The Morgan fingerprint density at radius 3 is 2.44 bits per heavy atom. The van der Waals surface area contributed by atoms with Crippen LogP contribution in [0.15, 0.2) is 24.3 Å². The van der Waals surface area contributed by atoms with E-state index < -0.39 is 0 Å². The van der Waals surface area contributed by atoms with E-state index in [1.807, 2.05) is 43.9 Å². The lowest BCUT2D eigenvalue weighted by Gasteiger charge is -2.37. The van der Waals surface area contributed by atoms with Crippen LogP contribution in [0.3, 0.4) is 0 Å². The van der Waals surface area contributed by atoms with E-state index in [2.05, 4.69) is 6.07 Å². The van der Waals surface area contributed by atoms with E-state index in [0.29, 0.717) is 26.2 Å². The zero-order valence-corrected chi connectivity index (χ0v) is 15.2. The number of carbonyl (C=O) groups excluding carboxylic acids is 2. The van der Waals surface area contributed by atoms with Gasteiger partial charge in [-0.2, -0.15) is 0 Å². The van der Waals surface area contributed by atoms with Gasteiger partial charge in [0.05, 0.1) is 6.61 Å². The number of benzene rings is 1. The Hall–Kier alpha value is -2.30. The average molecular weight is 342 g/mol. The lowest BCUT2D eigenvalue weighted by atomic mass is 9.94. The van der Waals surface area contributed by atoms with Crippen LogP contribution in [-0.2, 0) is 16.0 Å². The second kappa shape index (κ2) is 6.90. The fraction of sp³-hybridized carbons (Fsp3) is 0.500. The van der Waals surface area contributed by atoms with Gasteiger partial charge in [0.2, 0.25) is 11.8 Å². The highest BCUT2D eigenvalue weighted by molar-refractivity contribution is 5.92. The van der Waals surface area contributed by atoms with Crippen LogP contribution in [0.2, 0.25) is 0 Å². The van der Waals surface area contributed by atoms with E-state index in [0.717, 1.165) is 24.3 Å². The summed E-state index contributed by atoms with van der Waals surface area (Å²) in [6.45, 7) is 8.90. The van der Waals surface area contributed by atoms with E-state index in [1.165, 1.54) is 5.56 Å². The van der Waals surface area contributed by atoms with Crippen molar-refractivity contribution in [3.8, 4) is 5.75 Å². The van der Waals surface area contributed by atoms with Gasteiger partial charge in [0, 0.05) is 44.1 Å². The second-order valence-electron chi connectivity index (χ2n) is 7.67. The van der Waals surface area contributed by atoms with Crippen molar-refractivity contribution in [3.63, 3.8) is 0 Å². The third kappa shape index (κ3) is 4.03. The molecule has 0 N–H and O–H groups in total. The maximum Gasteiger partial charge on any atom is 0.246 e. The lowest BCUT2D eigenvalue weighted by molar-refractivity contribution is -0.143. The summed E-state index contributed by atoms with van der Waals surface area (Å²) in [5.74, 6) is 1.10. The van der Waals surface area contributed by atoms with E-state index >= 15 is 0 Å². The van der Waals surface area contributed by atoms with Crippen molar-refractivity contribution in [1.29, 1.82) is 0 Å². The first-order valence-electron chi connectivity index (χ1n) is 8.87. The van der Waals surface area contributed by atoms with Gasteiger partial charge >= 0.3 is 0 Å². The van der Waals surface area contributed by atoms with E-state index in [4.69, 9.17) is 4.74 Å². The molecular weight excluding hydrogens is 316 g/mol. The summed E-state index contributed by atoms with van der Waals surface area (Å²) >= 11 is 0. The fourth-order valence-electron chi connectivity index (χ4n) is 3.19. The molecule has 5 heteroatoms. The van der Waals surface area contributed by atoms with Crippen molar-refractivity contribution in [2.75, 3.05) is 32.8 Å². The number of amides is 2. The maximum atomic E-state index is 12.4. The smallest absolute Gasteiger partial charge is 0.246 e. The minimum absolute atomic E-state index is 0.000365. The molecule has 134 valence electrons. The second-order valence-corrected chi connectivity index (χ2v) is 7.67. The molecular formula is C20H26N2O3. The molecule has 1 saturated heterocycles. The first kappa shape index (κ1) is 17.5. The molecule has 25 heavy (non-hydrogen) atoms. The van der Waals surface area contributed by atoms with Gasteiger partial charge in [-0.15, -0.1) is 0 Å². The van der Waals surface area contributed by atoms with Crippen molar-refractivity contribution < 1.29 is 14.3 Å². The van der Waals surface area contributed by atoms with Gasteiger partial charge in [0.1, 0.15) is 5.75 Å². The Labute approximate surface area is 149 Å². The highest BCUT2D eigenvalue weighted by Gasteiger charge is 2.30. The van der Waals surface area contributed by atoms with Gasteiger partial charge in [-0.3, -0.25) is 9.59 Å². The lowest BCUT2D eigenvalue weighted by Crippen LogP contribution is -2.52. The number of rotatable bonds is 2. The molecule has 2 aliphatic heterocycles. The summed E-state index contributed by atoms with van der Waals surface area (Å²) in [6.07, 6.45) is 4.40. The van der Waals surface area contributed by atoms with Gasteiger partial charge < -0.3 is 14.5 Å². The Morgan fingerprint density at radius 1 is 1.08 bits per heavy atom. The molecule has 1 fully saturated rings. The Balaban J connectivity index is 1.55. The molecule has 1 aromatic carbocycles.